The Morgan fingerprint density at radius 1 is 0.938 bits per heavy atom. The molecule has 0 unspecified atom stereocenters. The first-order chi connectivity index (χ1) is 15.3. The Morgan fingerprint density at radius 2 is 1.59 bits per heavy atom. The van der Waals surface area contributed by atoms with Crippen LogP contribution >= 0.6 is 0 Å². The summed E-state index contributed by atoms with van der Waals surface area (Å²) in [4.78, 5) is 46.3. The molecule has 0 saturated heterocycles. The van der Waals surface area contributed by atoms with Crippen LogP contribution in [0.2, 0.25) is 0 Å². The van der Waals surface area contributed by atoms with Crippen molar-refractivity contribution in [2.24, 2.45) is 0 Å². The molecule has 0 radical (unpaired) electrons. The lowest BCUT2D eigenvalue weighted by Crippen LogP contribution is -2.22. The first-order valence-electron chi connectivity index (χ1n) is 10.4. The second-order valence-electron chi connectivity index (χ2n) is 7.08. The molecule has 2 N–H and O–H groups in total. The third kappa shape index (κ3) is 7.50. The van der Waals surface area contributed by atoms with Crippen LogP contribution in [0.1, 0.15) is 44.2 Å². The number of aryl methyl sites for hydroxylation is 2. The lowest BCUT2D eigenvalue weighted by Gasteiger charge is -2.14. The number of rotatable bonds is 11. The zero-order chi connectivity index (χ0) is 23.5. The Kier molecular flexibility index (Phi) is 9.34. The number of ether oxygens (including phenoxy) is 1. The van der Waals surface area contributed by atoms with Crippen LogP contribution in [0.25, 0.3) is 0 Å². The third-order valence-corrected chi connectivity index (χ3v) is 4.75. The Bertz CT molecular complexity index is 967. The molecule has 0 fully saturated rings. The van der Waals surface area contributed by atoms with Crippen LogP contribution in [0.3, 0.4) is 0 Å². The average molecular weight is 441 g/mol. The van der Waals surface area contributed by atoms with Crippen molar-refractivity contribution in [3.05, 3.63) is 63.7 Å². The van der Waals surface area contributed by atoms with Crippen molar-refractivity contribution in [2.45, 2.75) is 46.0 Å². The van der Waals surface area contributed by atoms with Gasteiger partial charge in [-0.2, -0.15) is 0 Å². The van der Waals surface area contributed by atoms with Crippen LogP contribution in [0.5, 0.6) is 0 Å². The number of carbonyl (C=O) groups is 3. The topological polar surface area (TPSA) is 128 Å². The summed E-state index contributed by atoms with van der Waals surface area (Å²) < 4.78 is 5.01. The van der Waals surface area contributed by atoms with E-state index in [-0.39, 0.29) is 30.9 Å². The maximum absolute atomic E-state index is 12.2. The number of nitro benzene ring substituents is 1. The molecule has 2 aromatic carbocycles. The van der Waals surface area contributed by atoms with Crippen molar-refractivity contribution in [1.82, 2.24) is 0 Å². The van der Waals surface area contributed by atoms with Gasteiger partial charge >= 0.3 is 5.97 Å². The minimum atomic E-state index is -0.581. The summed E-state index contributed by atoms with van der Waals surface area (Å²) in [5.74, 6) is -1.38. The fourth-order valence-electron chi connectivity index (χ4n) is 3.11. The number of nitrogens with zero attached hydrogens (tertiary/aromatic N) is 1. The van der Waals surface area contributed by atoms with Gasteiger partial charge in [0.25, 0.3) is 11.6 Å². The second-order valence-corrected chi connectivity index (χ2v) is 7.08. The van der Waals surface area contributed by atoms with Gasteiger partial charge < -0.3 is 15.4 Å². The third-order valence-electron chi connectivity index (χ3n) is 4.75. The quantitative estimate of drug-likeness (QED) is 0.308. The zero-order valence-electron chi connectivity index (χ0n) is 18.2. The van der Waals surface area contributed by atoms with Crippen molar-refractivity contribution in [2.75, 3.05) is 17.2 Å². The molecule has 0 aliphatic heterocycles. The highest BCUT2D eigenvalue weighted by atomic mass is 16.6. The smallest absolute Gasteiger partial charge is 0.306 e. The summed E-state index contributed by atoms with van der Waals surface area (Å²) in [6, 6.07) is 11.4. The van der Waals surface area contributed by atoms with E-state index in [9.17, 15) is 24.5 Å². The number of carbonyl (C=O) groups excluding carboxylic acids is 3. The van der Waals surface area contributed by atoms with Gasteiger partial charge in [-0.25, -0.2) is 0 Å². The summed E-state index contributed by atoms with van der Waals surface area (Å²) in [5.41, 5.74) is 2.97. The van der Waals surface area contributed by atoms with Crippen LogP contribution in [0, 0.1) is 10.1 Å². The van der Waals surface area contributed by atoms with Crippen LogP contribution in [0.4, 0.5) is 17.1 Å². The van der Waals surface area contributed by atoms with E-state index in [4.69, 9.17) is 4.74 Å². The number of amides is 2. The summed E-state index contributed by atoms with van der Waals surface area (Å²) >= 11 is 0. The molecule has 32 heavy (non-hydrogen) atoms. The predicted octanol–water partition coefficient (Wildman–Crippen LogP) is 4.01. The van der Waals surface area contributed by atoms with E-state index in [1.165, 1.54) is 18.2 Å². The highest BCUT2D eigenvalue weighted by molar-refractivity contribution is 5.94. The molecule has 0 bridgehead atoms. The van der Waals surface area contributed by atoms with E-state index in [0.29, 0.717) is 5.69 Å². The fraction of sp³-hybridized carbons (Fsp3) is 0.348. The van der Waals surface area contributed by atoms with Gasteiger partial charge in [-0.15, -0.1) is 0 Å². The fourth-order valence-corrected chi connectivity index (χ4v) is 3.11. The van der Waals surface area contributed by atoms with Crippen molar-refractivity contribution in [3.63, 3.8) is 0 Å². The monoisotopic (exact) mass is 441 g/mol. The van der Waals surface area contributed by atoms with E-state index in [0.717, 1.165) is 29.7 Å². The van der Waals surface area contributed by atoms with Crippen molar-refractivity contribution in [1.29, 1.82) is 0 Å². The number of esters is 1. The number of anilines is 2. The van der Waals surface area contributed by atoms with E-state index in [1.54, 1.807) is 6.07 Å². The maximum atomic E-state index is 12.2. The first kappa shape index (κ1) is 24.5. The highest BCUT2D eigenvalue weighted by Crippen LogP contribution is 2.22. The zero-order valence-corrected chi connectivity index (χ0v) is 18.2. The van der Waals surface area contributed by atoms with Crippen molar-refractivity contribution in [3.8, 4) is 0 Å². The minimum absolute atomic E-state index is 0.0264. The molecule has 9 nitrogen and oxygen atoms in total. The number of hydrogen-bond acceptors (Lipinski definition) is 6. The van der Waals surface area contributed by atoms with Crippen LogP contribution < -0.4 is 10.6 Å². The average Bonchev–Trinajstić information content (AvgIpc) is 2.78. The summed E-state index contributed by atoms with van der Waals surface area (Å²) in [7, 11) is 0. The van der Waals surface area contributed by atoms with Gasteiger partial charge in [-0.1, -0.05) is 38.1 Å². The molecule has 0 aliphatic rings. The van der Waals surface area contributed by atoms with E-state index >= 15 is 0 Å². The van der Waals surface area contributed by atoms with Crippen molar-refractivity contribution < 1.29 is 24.0 Å². The minimum Gasteiger partial charge on any atom is -0.456 e. The number of non-ortho nitro benzene ring substituents is 1. The van der Waals surface area contributed by atoms with Crippen LogP contribution in [-0.2, 0) is 32.0 Å². The Morgan fingerprint density at radius 3 is 2.22 bits per heavy atom. The highest BCUT2D eigenvalue weighted by Gasteiger charge is 2.13. The molecule has 2 amide bonds. The Hall–Kier alpha value is -3.75. The maximum Gasteiger partial charge on any atom is 0.306 e. The molecule has 0 aliphatic carbocycles. The summed E-state index contributed by atoms with van der Waals surface area (Å²) in [6.45, 7) is 3.60. The number of nitro groups is 1. The molecule has 0 atom stereocenters. The van der Waals surface area contributed by atoms with Crippen LogP contribution in [0.15, 0.2) is 42.5 Å². The first-order valence-corrected chi connectivity index (χ1v) is 10.4. The van der Waals surface area contributed by atoms with Gasteiger partial charge in [-0.3, -0.25) is 24.5 Å². The van der Waals surface area contributed by atoms with E-state index in [2.05, 4.69) is 10.6 Å². The molecular formula is C23H27N3O6. The number of para-hydroxylation sites is 1. The van der Waals surface area contributed by atoms with Gasteiger partial charge in [0.1, 0.15) is 0 Å². The molecule has 2 rings (SSSR count). The summed E-state index contributed by atoms with van der Waals surface area (Å²) in [6.07, 6.45) is 1.76. The molecule has 0 saturated carbocycles. The SMILES string of the molecule is CCc1cccc(CC)c1NC(=O)COC(=O)CCCC(=O)Nc1cccc([N+](=O)[O-])c1. The molecule has 0 spiro atoms. The Balaban J connectivity index is 1.73. The number of benzene rings is 2. The molecule has 9 heteroatoms. The van der Waals surface area contributed by atoms with Gasteiger partial charge in [0.15, 0.2) is 6.61 Å². The molecule has 0 heterocycles. The standard InChI is InChI=1S/C23H27N3O6/c1-3-16-8-5-9-17(4-2)23(16)25-21(28)15-32-22(29)13-7-12-20(27)24-18-10-6-11-19(14-18)26(30)31/h5-6,8-11,14H,3-4,7,12-13,15H2,1-2H3,(H,24,27)(H,25,28). The molecule has 0 aromatic heterocycles. The largest absolute Gasteiger partial charge is 0.456 e. The second kappa shape index (κ2) is 12.2. The molecule has 170 valence electrons. The van der Waals surface area contributed by atoms with Crippen LogP contribution in [-0.4, -0.2) is 29.3 Å². The number of hydrogen-bond donors (Lipinski definition) is 2. The van der Waals surface area contributed by atoms with E-state index in [1.807, 2.05) is 32.0 Å². The molecular weight excluding hydrogens is 414 g/mol. The van der Waals surface area contributed by atoms with Gasteiger partial charge in [0, 0.05) is 36.3 Å². The van der Waals surface area contributed by atoms with Crippen molar-refractivity contribution >= 4 is 34.8 Å². The van der Waals surface area contributed by atoms with Gasteiger partial charge in [0.05, 0.1) is 4.92 Å². The Labute approximate surface area is 186 Å². The van der Waals surface area contributed by atoms with E-state index < -0.39 is 23.4 Å². The predicted molar refractivity (Wildman–Crippen MR) is 120 cm³/mol. The van der Waals surface area contributed by atoms with Gasteiger partial charge in [-0.05, 0) is 36.5 Å². The molecule has 2 aromatic rings. The number of nitrogens with one attached hydrogen (secondary N) is 2. The lowest BCUT2D eigenvalue weighted by molar-refractivity contribution is -0.384. The summed E-state index contributed by atoms with van der Waals surface area (Å²) in [5, 5.41) is 16.1. The lowest BCUT2D eigenvalue weighted by atomic mass is 10.0. The normalized spacial score (nSPS) is 10.3. The van der Waals surface area contributed by atoms with Gasteiger partial charge in [0.2, 0.25) is 5.91 Å².